The highest BCUT2D eigenvalue weighted by Crippen LogP contribution is 2.29. The topological polar surface area (TPSA) is 114 Å². The number of carbonyl (C=O) groups is 2. The second kappa shape index (κ2) is 8.49. The highest BCUT2D eigenvalue weighted by molar-refractivity contribution is 6.08. The van der Waals surface area contributed by atoms with Gasteiger partial charge >= 0.3 is 5.97 Å². The Morgan fingerprint density at radius 3 is 2.84 bits per heavy atom. The zero-order chi connectivity index (χ0) is 22.0. The molecule has 9 heteroatoms. The molecule has 0 fully saturated rings. The van der Waals surface area contributed by atoms with Crippen LogP contribution in [0.3, 0.4) is 0 Å². The van der Waals surface area contributed by atoms with Crippen molar-refractivity contribution in [1.82, 2.24) is 9.88 Å². The molecule has 9 nitrogen and oxygen atoms in total. The maximum absolute atomic E-state index is 12.7. The van der Waals surface area contributed by atoms with Crippen molar-refractivity contribution >= 4 is 28.7 Å². The van der Waals surface area contributed by atoms with Crippen LogP contribution in [0.15, 0.2) is 58.2 Å². The molecule has 31 heavy (non-hydrogen) atoms. The second-order valence-electron chi connectivity index (χ2n) is 6.85. The van der Waals surface area contributed by atoms with Crippen LogP contribution >= 0.6 is 0 Å². The summed E-state index contributed by atoms with van der Waals surface area (Å²) in [6.45, 7) is -0.0149. The summed E-state index contributed by atoms with van der Waals surface area (Å²) < 4.78 is 15.9. The van der Waals surface area contributed by atoms with E-state index in [9.17, 15) is 14.7 Å². The van der Waals surface area contributed by atoms with E-state index in [4.69, 9.17) is 13.9 Å². The summed E-state index contributed by atoms with van der Waals surface area (Å²) in [6, 6.07) is 12.6. The smallest absolute Gasteiger partial charge is 0.337 e. The number of aromatic nitrogens is 1. The molecule has 3 aromatic rings. The number of amides is 1. The first-order chi connectivity index (χ1) is 15.0. The molecule has 0 saturated heterocycles. The van der Waals surface area contributed by atoms with Crippen LogP contribution in [0.1, 0.15) is 0 Å². The molecule has 2 heterocycles. The van der Waals surface area contributed by atoms with Crippen LogP contribution in [0.2, 0.25) is 0 Å². The minimum Gasteiger partial charge on any atom is -0.497 e. The number of carbonyl (C=O) groups excluding carboxylic acids is 2. The Labute approximate surface area is 177 Å². The molecule has 0 spiro atoms. The van der Waals surface area contributed by atoms with Crippen LogP contribution in [0, 0.1) is 0 Å². The molecule has 2 N–H and O–H groups in total. The van der Waals surface area contributed by atoms with E-state index in [-0.39, 0.29) is 36.9 Å². The lowest BCUT2D eigenvalue weighted by molar-refractivity contribution is -0.136. The summed E-state index contributed by atoms with van der Waals surface area (Å²) >= 11 is 0. The highest BCUT2D eigenvalue weighted by atomic mass is 16.5. The minimum atomic E-state index is -0.600. The minimum absolute atomic E-state index is 0.0684. The van der Waals surface area contributed by atoms with Gasteiger partial charge in [0.2, 0.25) is 5.89 Å². The number of nitrogens with one attached hydrogen (secondary N) is 1. The van der Waals surface area contributed by atoms with Gasteiger partial charge in [-0.25, -0.2) is 9.78 Å². The van der Waals surface area contributed by atoms with Crippen molar-refractivity contribution in [3.8, 4) is 17.2 Å². The molecule has 0 atom stereocenters. The first kappa shape index (κ1) is 20.4. The molecule has 1 aliphatic heterocycles. The zero-order valence-electron chi connectivity index (χ0n) is 17.0. The van der Waals surface area contributed by atoms with Gasteiger partial charge in [0.1, 0.15) is 17.0 Å². The van der Waals surface area contributed by atoms with E-state index in [1.807, 2.05) is 24.3 Å². The number of benzene rings is 2. The number of fused-ring (bicyclic) bond motifs is 1. The van der Waals surface area contributed by atoms with Gasteiger partial charge in [-0.2, -0.15) is 0 Å². The number of nitrogens with zero attached hydrogens (tertiary/aromatic N) is 2. The zero-order valence-corrected chi connectivity index (χ0v) is 17.0. The standard InChI is InChI=1S/C22H21N3O6/c1-29-15-5-3-4-13(10-15)20-24-17-7-6-14(11-18(17)31-20)23-19-16(22(28)30-2)12-25(8-9-26)21(19)27/h3-7,10-11,23,26H,8-9,12H2,1-2H3. The van der Waals surface area contributed by atoms with E-state index in [0.717, 1.165) is 5.56 Å². The molecule has 4 rings (SSSR count). The van der Waals surface area contributed by atoms with Crippen LogP contribution in [-0.2, 0) is 14.3 Å². The summed E-state index contributed by atoms with van der Waals surface area (Å²) in [5.74, 6) is 0.143. The molecular formula is C22H21N3O6. The number of oxazole rings is 1. The summed E-state index contributed by atoms with van der Waals surface area (Å²) in [5.41, 5.74) is 2.80. The Kier molecular flexibility index (Phi) is 5.59. The lowest BCUT2D eigenvalue weighted by atomic mass is 10.2. The Morgan fingerprint density at radius 1 is 1.26 bits per heavy atom. The van der Waals surface area contributed by atoms with Gasteiger partial charge in [-0.3, -0.25) is 4.79 Å². The van der Waals surface area contributed by atoms with Crippen LogP contribution < -0.4 is 10.1 Å². The summed E-state index contributed by atoms with van der Waals surface area (Å²) in [7, 11) is 2.85. The molecule has 0 aliphatic carbocycles. The van der Waals surface area contributed by atoms with Crippen molar-refractivity contribution in [3.63, 3.8) is 0 Å². The van der Waals surface area contributed by atoms with Crippen molar-refractivity contribution < 1.29 is 28.6 Å². The number of esters is 1. The quantitative estimate of drug-likeness (QED) is 0.556. The molecule has 0 unspecified atom stereocenters. The van der Waals surface area contributed by atoms with Gasteiger partial charge in [-0.05, 0) is 30.3 Å². The third kappa shape index (κ3) is 3.95. The number of hydrogen-bond donors (Lipinski definition) is 2. The molecule has 0 bridgehead atoms. The summed E-state index contributed by atoms with van der Waals surface area (Å²) in [4.78, 5) is 30.7. The summed E-state index contributed by atoms with van der Waals surface area (Å²) in [5, 5.41) is 12.2. The van der Waals surface area contributed by atoms with Gasteiger partial charge in [0.25, 0.3) is 5.91 Å². The van der Waals surface area contributed by atoms with E-state index in [2.05, 4.69) is 10.3 Å². The predicted molar refractivity (Wildman–Crippen MR) is 112 cm³/mol. The molecule has 0 radical (unpaired) electrons. The molecule has 1 amide bonds. The van der Waals surface area contributed by atoms with Crippen LogP contribution in [0.4, 0.5) is 5.69 Å². The van der Waals surface area contributed by atoms with Crippen LogP contribution in [-0.4, -0.2) is 60.8 Å². The second-order valence-corrected chi connectivity index (χ2v) is 6.85. The Balaban J connectivity index is 1.65. The van der Waals surface area contributed by atoms with Crippen molar-refractivity contribution in [1.29, 1.82) is 0 Å². The SMILES string of the molecule is COC(=O)C1=C(Nc2ccc3nc(-c4cccc(OC)c4)oc3c2)C(=O)N(CCO)C1. The Morgan fingerprint density at radius 2 is 2.10 bits per heavy atom. The number of methoxy groups -OCH3 is 2. The maximum Gasteiger partial charge on any atom is 0.337 e. The summed E-state index contributed by atoms with van der Waals surface area (Å²) in [6.07, 6.45) is 0. The van der Waals surface area contributed by atoms with Crippen LogP contribution in [0.25, 0.3) is 22.6 Å². The van der Waals surface area contributed by atoms with Gasteiger partial charge in [-0.1, -0.05) is 6.07 Å². The van der Waals surface area contributed by atoms with E-state index >= 15 is 0 Å². The maximum atomic E-state index is 12.7. The Hall–Kier alpha value is -3.85. The number of anilines is 1. The van der Waals surface area contributed by atoms with Crippen molar-refractivity contribution in [2.45, 2.75) is 0 Å². The van der Waals surface area contributed by atoms with Crippen molar-refractivity contribution in [2.24, 2.45) is 0 Å². The lowest BCUT2D eigenvalue weighted by Crippen LogP contribution is -2.31. The van der Waals surface area contributed by atoms with Gasteiger partial charge in [-0.15, -0.1) is 0 Å². The predicted octanol–water partition coefficient (Wildman–Crippen LogP) is 2.18. The van der Waals surface area contributed by atoms with Crippen LogP contribution in [0.5, 0.6) is 5.75 Å². The monoisotopic (exact) mass is 423 g/mol. The van der Waals surface area contributed by atoms with Gasteiger partial charge in [0, 0.05) is 23.9 Å². The number of rotatable bonds is 7. The van der Waals surface area contributed by atoms with E-state index in [1.165, 1.54) is 12.0 Å². The normalized spacial score (nSPS) is 13.8. The number of aliphatic hydroxyl groups excluding tert-OH is 1. The first-order valence-electron chi connectivity index (χ1n) is 9.57. The van der Waals surface area contributed by atoms with E-state index < -0.39 is 5.97 Å². The molecule has 1 aromatic heterocycles. The number of β-amino-alcohol motifs (C(OH)–C–C–N with tert-alkyl or cyclic N) is 1. The van der Waals surface area contributed by atoms with Gasteiger partial charge in [0.05, 0.1) is 32.9 Å². The van der Waals surface area contributed by atoms with E-state index in [0.29, 0.717) is 28.4 Å². The molecule has 160 valence electrons. The van der Waals surface area contributed by atoms with E-state index in [1.54, 1.807) is 25.3 Å². The first-order valence-corrected chi connectivity index (χ1v) is 9.57. The molecule has 0 saturated carbocycles. The average molecular weight is 423 g/mol. The average Bonchev–Trinajstić information content (AvgIpc) is 3.35. The Bertz CT molecular complexity index is 1180. The molecule has 1 aliphatic rings. The fraction of sp³-hybridized carbons (Fsp3) is 0.227. The number of hydrogen-bond acceptors (Lipinski definition) is 8. The fourth-order valence-electron chi connectivity index (χ4n) is 3.38. The highest BCUT2D eigenvalue weighted by Gasteiger charge is 2.34. The number of aliphatic hydroxyl groups is 1. The largest absolute Gasteiger partial charge is 0.497 e. The third-order valence-corrected chi connectivity index (χ3v) is 4.93. The molecular weight excluding hydrogens is 402 g/mol. The number of ether oxygens (including phenoxy) is 2. The van der Waals surface area contributed by atoms with Gasteiger partial charge < -0.3 is 29.2 Å². The lowest BCUT2D eigenvalue weighted by Gasteiger charge is -2.14. The van der Waals surface area contributed by atoms with Crippen molar-refractivity contribution in [2.75, 3.05) is 39.2 Å². The molecule has 2 aromatic carbocycles. The van der Waals surface area contributed by atoms with Crippen molar-refractivity contribution in [3.05, 3.63) is 53.7 Å². The van der Waals surface area contributed by atoms with Gasteiger partial charge in [0.15, 0.2) is 5.58 Å². The third-order valence-electron chi connectivity index (χ3n) is 4.93. The fourth-order valence-corrected chi connectivity index (χ4v) is 3.38.